The van der Waals surface area contributed by atoms with Crippen molar-refractivity contribution in [3.8, 4) is 0 Å². The van der Waals surface area contributed by atoms with Crippen molar-refractivity contribution in [3.63, 3.8) is 0 Å². The molecule has 3 aliphatic heterocycles. The molecule has 0 bridgehead atoms. The summed E-state index contributed by atoms with van der Waals surface area (Å²) in [4.78, 5) is 11.4. The molecule has 2 N–H and O–H groups in total. The molecule has 0 radical (unpaired) electrons. The lowest BCUT2D eigenvalue weighted by atomic mass is 9.84. The number of rotatable bonds is 3. The van der Waals surface area contributed by atoms with Crippen molar-refractivity contribution >= 4 is 23.3 Å². The van der Waals surface area contributed by atoms with E-state index in [4.69, 9.17) is 4.99 Å². The minimum absolute atomic E-state index is 0.121. The highest BCUT2D eigenvalue weighted by molar-refractivity contribution is 8.04. The molecule has 4 aliphatic rings. The number of amidine groups is 1. The number of nitrogens with zero attached hydrogens (tertiary/aromatic N) is 3. The number of hydrogen-bond donors (Lipinski definition) is 2. The summed E-state index contributed by atoms with van der Waals surface area (Å²) in [6.07, 6.45) is 9.63. The summed E-state index contributed by atoms with van der Waals surface area (Å²) < 4.78 is 0. The van der Waals surface area contributed by atoms with Crippen molar-refractivity contribution in [1.29, 1.82) is 0 Å². The minimum Gasteiger partial charge on any atom is -0.396 e. The van der Waals surface area contributed by atoms with E-state index in [1.807, 2.05) is 12.3 Å². The largest absolute Gasteiger partial charge is 0.396 e. The molecule has 1 spiro atoms. The maximum Gasteiger partial charge on any atom is 0.177 e. The van der Waals surface area contributed by atoms with Gasteiger partial charge in [0.05, 0.1) is 11.8 Å². The smallest absolute Gasteiger partial charge is 0.177 e. The molecular formula is C17H23N3O2S. The van der Waals surface area contributed by atoms with Crippen molar-refractivity contribution in [2.45, 2.75) is 55.7 Å². The highest BCUT2D eigenvalue weighted by atomic mass is 32.2. The van der Waals surface area contributed by atoms with Gasteiger partial charge in [-0.05, 0) is 56.1 Å². The van der Waals surface area contributed by atoms with Crippen LogP contribution in [-0.4, -0.2) is 56.3 Å². The predicted octanol–water partition coefficient (Wildman–Crippen LogP) is 1.93. The van der Waals surface area contributed by atoms with Gasteiger partial charge in [0.25, 0.3) is 0 Å². The molecule has 4 rings (SSSR count). The van der Waals surface area contributed by atoms with Gasteiger partial charge in [0.1, 0.15) is 11.9 Å². The molecule has 1 aliphatic carbocycles. The molecule has 0 amide bonds. The van der Waals surface area contributed by atoms with Gasteiger partial charge in [-0.2, -0.15) is 0 Å². The van der Waals surface area contributed by atoms with Crippen molar-refractivity contribution in [2.75, 3.05) is 6.61 Å². The maximum atomic E-state index is 10.3. The van der Waals surface area contributed by atoms with Crippen LogP contribution in [0.15, 0.2) is 33.7 Å². The van der Waals surface area contributed by atoms with Gasteiger partial charge in [-0.15, -0.1) is 0 Å². The third-order valence-electron chi connectivity index (χ3n) is 5.41. The summed E-state index contributed by atoms with van der Waals surface area (Å²) in [5.74, 6) is 1.22. The minimum atomic E-state index is -0.582. The van der Waals surface area contributed by atoms with Crippen LogP contribution in [0.5, 0.6) is 0 Å². The van der Waals surface area contributed by atoms with E-state index in [1.54, 1.807) is 18.7 Å². The van der Waals surface area contributed by atoms with Crippen LogP contribution in [0.3, 0.4) is 0 Å². The third kappa shape index (κ3) is 2.30. The number of hydrogen-bond acceptors (Lipinski definition) is 6. The zero-order chi connectivity index (χ0) is 16.0. The molecule has 5 nitrogen and oxygen atoms in total. The summed E-state index contributed by atoms with van der Waals surface area (Å²) in [5, 5.41) is 21.7. The predicted molar refractivity (Wildman–Crippen MR) is 93.6 cm³/mol. The van der Waals surface area contributed by atoms with E-state index in [9.17, 15) is 10.2 Å². The van der Waals surface area contributed by atoms with E-state index in [-0.39, 0.29) is 12.6 Å². The van der Waals surface area contributed by atoms with E-state index in [2.05, 4.69) is 21.4 Å². The van der Waals surface area contributed by atoms with Crippen LogP contribution in [0, 0.1) is 5.92 Å². The van der Waals surface area contributed by atoms with Gasteiger partial charge in [0, 0.05) is 18.8 Å². The highest BCUT2D eigenvalue weighted by Crippen LogP contribution is 2.49. The van der Waals surface area contributed by atoms with E-state index < -0.39 is 11.0 Å². The normalized spacial score (nSPS) is 39.8. The average molecular weight is 333 g/mol. The van der Waals surface area contributed by atoms with Crippen molar-refractivity contribution in [2.24, 2.45) is 15.9 Å². The average Bonchev–Trinajstić information content (AvgIpc) is 3.13. The fourth-order valence-electron chi connectivity index (χ4n) is 4.20. The lowest BCUT2D eigenvalue weighted by molar-refractivity contribution is 0.132. The van der Waals surface area contributed by atoms with Crippen LogP contribution in [0.4, 0.5) is 0 Å². The molecule has 0 unspecified atom stereocenters. The molecule has 3 atom stereocenters. The topological polar surface area (TPSA) is 68.4 Å². The fourth-order valence-corrected chi connectivity index (χ4v) is 5.33. The lowest BCUT2D eigenvalue weighted by Gasteiger charge is -2.42. The summed E-state index contributed by atoms with van der Waals surface area (Å²) >= 11 is 1.70. The van der Waals surface area contributed by atoms with Gasteiger partial charge in [-0.1, -0.05) is 11.8 Å². The lowest BCUT2D eigenvalue weighted by Crippen LogP contribution is -2.53. The molecule has 0 aromatic rings. The quantitative estimate of drug-likeness (QED) is 0.828. The van der Waals surface area contributed by atoms with Crippen molar-refractivity contribution in [3.05, 3.63) is 23.8 Å². The molecule has 1 saturated carbocycles. The van der Waals surface area contributed by atoms with Crippen LogP contribution in [0.2, 0.25) is 0 Å². The van der Waals surface area contributed by atoms with Crippen LogP contribution >= 0.6 is 11.8 Å². The van der Waals surface area contributed by atoms with E-state index in [0.29, 0.717) is 12.0 Å². The summed E-state index contributed by atoms with van der Waals surface area (Å²) in [6, 6.07) is 0.496. The highest BCUT2D eigenvalue weighted by Gasteiger charge is 2.55. The molecule has 3 heterocycles. The number of thioether (sulfide) groups is 1. The number of aliphatic imine (C=N–C) groups is 2. The molecule has 124 valence electrons. The first-order valence-corrected chi connectivity index (χ1v) is 9.30. The Labute approximate surface area is 140 Å². The van der Waals surface area contributed by atoms with E-state index in [0.717, 1.165) is 37.2 Å². The monoisotopic (exact) mass is 333 g/mol. The molecule has 6 heteroatoms. The summed E-state index contributed by atoms with van der Waals surface area (Å²) in [7, 11) is 0. The summed E-state index contributed by atoms with van der Waals surface area (Å²) in [5.41, 5.74) is 0.986. The SMILES string of the molecule is C[C@@H](O)C1=N[C@]23SC=CC2=NC=C[C@H]3N1C1CCC(CO)CC1. The van der Waals surface area contributed by atoms with Crippen LogP contribution < -0.4 is 0 Å². The Bertz CT molecular complexity index is 605. The molecule has 0 aromatic carbocycles. The van der Waals surface area contributed by atoms with Gasteiger partial charge in [0.15, 0.2) is 4.87 Å². The first-order valence-electron chi connectivity index (χ1n) is 8.42. The summed E-state index contributed by atoms with van der Waals surface area (Å²) in [6.45, 7) is 2.08. The van der Waals surface area contributed by atoms with Gasteiger partial charge >= 0.3 is 0 Å². The first kappa shape index (κ1) is 15.4. The molecule has 0 saturated heterocycles. The van der Waals surface area contributed by atoms with Gasteiger partial charge < -0.3 is 15.1 Å². The standard InChI is InChI=1S/C17H23N3O2S/c1-11(22)16-19-17-14(7-9-23-17)18-8-6-15(17)20(16)13-4-2-12(10-21)3-5-13/h6-9,11-13,15,21-22H,2-5,10H2,1H3/t11-,12?,13?,15-,17+/m1/s1. The molecule has 23 heavy (non-hydrogen) atoms. The Balaban J connectivity index is 1.66. The first-order chi connectivity index (χ1) is 11.2. The maximum absolute atomic E-state index is 10.3. The second kappa shape index (κ2) is 5.76. The van der Waals surface area contributed by atoms with Gasteiger partial charge in [-0.3, -0.25) is 4.99 Å². The second-order valence-corrected chi connectivity index (χ2v) is 7.96. The van der Waals surface area contributed by atoms with Crippen molar-refractivity contribution < 1.29 is 10.2 Å². The molecular weight excluding hydrogens is 310 g/mol. The zero-order valence-electron chi connectivity index (χ0n) is 13.3. The third-order valence-corrected chi connectivity index (χ3v) is 6.58. The Morgan fingerprint density at radius 2 is 2.17 bits per heavy atom. The van der Waals surface area contributed by atoms with Crippen LogP contribution in [0.1, 0.15) is 32.6 Å². The molecule has 1 fully saturated rings. The zero-order valence-corrected chi connectivity index (χ0v) is 14.1. The van der Waals surface area contributed by atoms with Crippen LogP contribution in [-0.2, 0) is 0 Å². The Kier molecular flexibility index (Phi) is 3.86. The van der Waals surface area contributed by atoms with Crippen LogP contribution in [0.25, 0.3) is 0 Å². The fraction of sp³-hybridized carbons (Fsp3) is 0.647. The van der Waals surface area contributed by atoms with E-state index >= 15 is 0 Å². The van der Waals surface area contributed by atoms with Crippen molar-refractivity contribution in [1.82, 2.24) is 4.90 Å². The Hall–Kier alpha value is -1.11. The number of aliphatic hydroxyl groups is 2. The van der Waals surface area contributed by atoms with Gasteiger partial charge in [0.2, 0.25) is 0 Å². The van der Waals surface area contributed by atoms with Gasteiger partial charge in [-0.25, -0.2) is 4.99 Å². The Morgan fingerprint density at radius 1 is 1.39 bits per heavy atom. The number of aliphatic hydroxyl groups excluding tert-OH is 2. The van der Waals surface area contributed by atoms with E-state index in [1.165, 1.54) is 0 Å². The second-order valence-electron chi connectivity index (χ2n) is 6.83. The molecule has 0 aromatic heterocycles. The Morgan fingerprint density at radius 3 is 2.87 bits per heavy atom.